The van der Waals surface area contributed by atoms with Crippen LogP contribution in [0.2, 0.25) is 0 Å². The molecule has 6 aromatic carbocycles. The van der Waals surface area contributed by atoms with Gasteiger partial charge in [0.1, 0.15) is 28.9 Å². The normalized spacial score (nSPS) is 15.6. The number of aliphatic imine (C=N–C) groups is 1. The molecule has 9 heterocycles. The van der Waals surface area contributed by atoms with Crippen LogP contribution in [0, 0.1) is 25.7 Å². The summed E-state index contributed by atoms with van der Waals surface area (Å²) >= 11 is 0. The number of carbonyl (C=O) groups is 6. The lowest BCUT2D eigenvalue weighted by atomic mass is 9.97. The molecule has 0 spiro atoms. The fraction of sp³-hybridized carbons (Fsp3) is 0.340. The van der Waals surface area contributed by atoms with Crippen molar-refractivity contribution in [3.8, 4) is 23.1 Å². The number of pyridine rings is 1. The van der Waals surface area contributed by atoms with Gasteiger partial charge in [0, 0.05) is 220 Å². The van der Waals surface area contributed by atoms with Crippen molar-refractivity contribution in [2.75, 3.05) is 135 Å². The molecule has 3 saturated heterocycles. The van der Waals surface area contributed by atoms with E-state index in [4.69, 9.17) is 9.72 Å². The maximum atomic E-state index is 14.1. The lowest BCUT2D eigenvalue weighted by molar-refractivity contribution is -0.141. The molecule has 5 aliphatic heterocycles. The summed E-state index contributed by atoms with van der Waals surface area (Å²) < 4.78 is 49.4. The molecule has 1 atom stereocenters. The van der Waals surface area contributed by atoms with Crippen molar-refractivity contribution < 1.29 is 46.7 Å². The second-order valence-corrected chi connectivity index (χ2v) is 30.9. The van der Waals surface area contributed by atoms with E-state index in [1.807, 2.05) is 115 Å². The minimum atomic E-state index is -4.58. The molecule has 2 N–H and O–H groups in total. The highest BCUT2D eigenvalue weighted by atomic mass is 19.4. The van der Waals surface area contributed by atoms with Crippen LogP contribution in [0.5, 0.6) is 0 Å². The first-order chi connectivity index (χ1) is 58.1. The smallest absolute Gasteiger partial charge is 0.369 e. The molecule has 120 heavy (non-hydrogen) atoms. The Labute approximate surface area is 698 Å². The molecule has 15 rings (SSSR count). The van der Waals surface area contributed by atoms with Crippen LogP contribution >= 0.6 is 0 Å². The number of ketones is 3. The molecular weight excluding hydrogens is 1520 g/mol. The molecule has 10 aromatic rings. The summed E-state index contributed by atoms with van der Waals surface area (Å²) in [7, 11) is 1.54. The van der Waals surface area contributed by atoms with Gasteiger partial charge in [0.2, 0.25) is 0 Å². The zero-order valence-electron chi connectivity index (χ0n) is 68.8. The number of benzene rings is 6. The summed E-state index contributed by atoms with van der Waals surface area (Å²) in [5, 5.41) is 9.82. The first kappa shape index (κ1) is 85.8. The largest absolute Gasteiger partial charge is 0.416 e. The number of aryl methyl sites for hydroxylation is 2. The average molecular weight is 1620 g/mol. The topological polar surface area (TPSA) is 240 Å². The average Bonchev–Trinajstić information content (AvgIpc) is 1.63. The number of piperazine rings is 3. The molecule has 3 fully saturated rings. The number of Topliss-reactive ketones (excluding diaryl/α,β-unsaturated/α-hetero) is 3. The van der Waals surface area contributed by atoms with Crippen LogP contribution in [-0.4, -0.2) is 225 Å². The van der Waals surface area contributed by atoms with Crippen LogP contribution < -0.4 is 15.5 Å². The molecule has 0 radical (unpaired) electrons. The van der Waals surface area contributed by atoms with Crippen LogP contribution in [0.3, 0.4) is 0 Å². The standard InChI is InChI=1S/C32H31F3N6O2.C32H35N5O.C30H35N5O4/c1-22-5-6-25(18-24(22)8-10-28-20-36-30-4-3-12-37-41(28)30)31(43)38-27-9-7-26(29(19-27)32(33,34)35)21-40-16-14-39(15-17-40)13-11-23(2)42;1-3-36-15-17-37(18-16-36)23-25-8-10-27(11-9-25)31(38)20-26-7-6-24(2)29(19-26)21-32-34-14-12-30(35-32)28-5-4-13-33-22-28;1-21(36)12-13-33-14-16-34(17-15-33)25-10-8-23(9-11-25)29(37)32-28-26-20-35(19-24(26)18-31-28)30(38)27(39-2)22-6-4-3-5-7-22/h3-7,9,12,18-20H,11,13-17,21H2,1-2H3,(H,38,43);4-14,19,22H,3,15-18,20-21,23H2,1-2H3;3-11,27H,12-20H2,1-2H3,(H,31,32,37)/t;;27-/m..0/s1. The van der Waals surface area contributed by atoms with Crippen molar-refractivity contribution in [3.63, 3.8) is 0 Å². The SMILES string of the molecule is CC(=O)CCN1CCN(Cc2ccc(NC(=O)c3ccc(C)c(C#Cc4cnc5cccnn45)c3)cc2C(F)(F)F)CC1.CCN1CCN(Cc2ccc(C(=O)Cc3ccc(C)c(Cc4nccc(-c5cccnc5)n4)c3)cc2)CC1.CO[C@H](C(=O)N1CC2=C(C1)C(NC(=O)c1ccc(N3CCN(CCC(C)=O)CC3)cc1)=NC2)c1ccccc1. The van der Waals surface area contributed by atoms with Gasteiger partial charge in [-0.25, -0.2) is 19.5 Å². The quantitative estimate of drug-likeness (QED) is 0.0422. The molecule has 4 aromatic heterocycles. The minimum Gasteiger partial charge on any atom is -0.369 e. The van der Waals surface area contributed by atoms with E-state index in [2.05, 4.69) is 110 Å². The third kappa shape index (κ3) is 23.0. The number of anilines is 2. The van der Waals surface area contributed by atoms with Gasteiger partial charge in [-0.15, -0.1) is 0 Å². The Balaban J connectivity index is 0.000000156. The molecule has 0 unspecified atom stereocenters. The van der Waals surface area contributed by atoms with E-state index in [-0.39, 0.29) is 52.5 Å². The number of carbonyl (C=O) groups excluding carboxylic acids is 6. The van der Waals surface area contributed by atoms with Crippen molar-refractivity contribution in [2.24, 2.45) is 4.99 Å². The lowest BCUT2D eigenvalue weighted by Gasteiger charge is -2.36. The monoisotopic (exact) mass is 1620 g/mol. The Kier molecular flexibility index (Phi) is 29.0. The number of amidine groups is 1. The van der Waals surface area contributed by atoms with Crippen LogP contribution in [0.1, 0.15) is 132 Å². The Hall–Kier alpha value is -12.1. The number of imidazole rings is 1. The van der Waals surface area contributed by atoms with E-state index in [0.29, 0.717) is 106 Å². The van der Waals surface area contributed by atoms with Gasteiger partial charge in [0.15, 0.2) is 17.5 Å². The van der Waals surface area contributed by atoms with Gasteiger partial charge < -0.3 is 35.0 Å². The number of amides is 3. The number of methoxy groups -OCH3 is 1. The Bertz CT molecular complexity index is 5410. The van der Waals surface area contributed by atoms with Gasteiger partial charge in [-0.05, 0) is 164 Å². The summed E-state index contributed by atoms with van der Waals surface area (Å²) in [4.78, 5) is 113. The maximum Gasteiger partial charge on any atom is 0.416 e. The molecular formula is C94H101F3N16O7. The predicted molar refractivity (Wildman–Crippen MR) is 458 cm³/mol. The highest BCUT2D eigenvalue weighted by Crippen LogP contribution is 2.36. The molecule has 620 valence electrons. The van der Waals surface area contributed by atoms with E-state index >= 15 is 0 Å². The van der Waals surface area contributed by atoms with Gasteiger partial charge in [-0.1, -0.05) is 97.8 Å². The predicted octanol–water partition coefficient (Wildman–Crippen LogP) is 12.3. The van der Waals surface area contributed by atoms with Crippen molar-refractivity contribution in [3.05, 3.63) is 284 Å². The van der Waals surface area contributed by atoms with Crippen LogP contribution in [-0.2, 0) is 51.2 Å². The first-order valence-corrected chi connectivity index (χ1v) is 40.8. The molecule has 5 aliphatic rings. The van der Waals surface area contributed by atoms with Crippen molar-refractivity contribution in [1.29, 1.82) is 0 Å². The van der Waals surface area contributed by atoms with E-state index in [1.165, 1.54) is 23.3 Å². The van der Waals surface area contributed by atoms with Crippen molar-refractivity contribution in [1.82, 2.24) is 64.3 Å². The summed E-state index contributed by atoms with van der Waals surface area (Å²) in [5.41, 5.74) is 14.0. The highest BCUT2D eigenvalue weighted by Gasteiger charge is 2.37. The van der Waals surface area contributed by atoms with Gasteiger partial charge in [-0.2, -0.15) is 18.3 Å². The Morgan fingerprint density at radius 3 is 1.92 bits per heavy atom. The van der Waals surface area contributed by atoms with Crippen LogP contribution in [0.15, 0.2) is 211 Å². The van der Waals surface area contributed by atoms with Gasteiger partial charge >= 0.3 is 6.18 Å². The van der Waals surface area contributed by atoms with Gasteiger partial charge in [0.05, 0.1) is 24.0 Å². The molecule has 26 heteroatoms. The van der Waals surface area contributed by atoms with E-state index in [0.717, 1.165) is 140 Å². The van der Waals surface area contributed by atoms with Crippen molar-refractivity contribution >= 4 is 57.9 Å². The summed E-state index contributed by atoms with van der Waals surface area (Å²) in [5.74, 6) is 7.02. The summed E-state index contributed by atoms with van der Waals surface area (Å²) in [6.45, 7) is 25.1. The zero-order chi connectivity index (χ0) is 84.2. The van der Waals surface area contributed by atoms with E-state index < -0.39 is 23.8 Å². The summed E-state index contributed by atoms with van der Waals surface area (Å²) in [6.07, 6.45) is 5.42. The molecule has 0 bridgehead atoms. The fourth-order valence-electron chi connectivity index (χ4n) is 15.2. The van der Waals surface area contributed by atoms with Crippen LogP contribution in [0.25, 0.3) is 16.9 Å². The number of nitrogens with zero attached hydrogens (tertiary/aromatic N) is 14. The van der Waals surface area contributed by atoms with Gasteiger partial charge in [0.25, 0.3) is 17.7 Å². The lowest BCUT2D eigenvalue weighted by Crippen LogP contribution is -2.46. The maximum absolute atomic E-state index is 14.1. The highest BCUT2D eigenvalue weighted by molar-refractivity contribution is 6.14. The van der Waals surface area contributed by atoms with Crippen molar-refractivity contribution in [2.45, 2.75) is 85.7 Å². The Morgan fingerprint density at radius 1 is 0.583 bits per heavy atom. The minimum absolute atomic E-state index is 0.0557. The second kappa shape index (κ2) is 40.6. The van der Waals surface area contributed by atoms with E-state index in [1.54, 1.807) is 79.4 Å². The number of alkyl halides is 3. The molecule has 0 saturated carbocycles. The third-order valence-corrected chi connectivity index (χ3v) is 22.4. The molecule has 3 amide bonds. The molecule has 23 nitrogen and oxygen atoms in total. The number of fused-ring (bicyclic) bond motifs is 1. The second-order valence-electron chi connectivity index (χ2n) is 30.9. The fourth-order valence-corrected chi connectivity index (χ4v) is 15.2. The number of rotatable bonds is 24. The van der Waals surface area contributed by atoms with Crippen LogP contribution in [0.4, 0.5) is 24.5 Å². The number of nitrogens with one attached hydrogen (secondary N) is 2. The zero-order valence-corrected chi connectivity index (χ0v) is 68.8. The third-order valence-electron chi connectivity index (χ3n) is 22.4. The number of hydrogen-bond donors (Lipinski definition) is 2. The molecule has 0 aliphatic carbocycles. The number of ether oxygens (including phenoxy) is 1. The number of hydrogen-bond acceptors (Lipinski definition) is 19. The van der Waals surface area contributed by atoms with Gasteiger partial charge in [-0.3, -0.25) is 53.4 Å². The number of aromatic nitrogens is 6. The number of likely N-dealkylation sites (N-methyl/N-ethyl adjacent to an activating group) is 1. The first-order valence-electron chi connectivity index (χ1n) is 40.8. The summed E-state index contributed by atoms with van der Waals surface area (Å²) in [6, 6.07) is 49.8. The number of halogens is 3. The Morgan fingerprint density at radius 2 is 1.23 bits per heavy atom. The van der Waals surface area contributed by atoms with E-state index in [9.17, 15) is 41.9 Å².